The van der Waals surface area contributed by atoms with Crippen molar-refractivity contribution in [2.45, 2.75) is 13.1 Å². The molecular weight excluding hydrogens is 307 g/mol. The van der Waals surface area contributed by atoms with Crippen LogP contribution in [0.15, 0.2) is 22.7 Å². The van der Waals surface area contributed by atoms with E-state index >= 15 is 0 Å². The Kier molecular flexibility index (Phi) is 5.67. The van der Waals surface area contributed by atoms with E-state index in [1.165, 1.54) is 14.2 Å². The SMILES string of the molecule is CCOc1cc(Br)cc(CP(=O)(OC)OC)c1. The van der Waals surface area contributed by atoms with Gasteiger partial charge in [-0.1, -0.05) is 15.9 Å². The summed E-state index contributed by atoms with van der Waals surface area (Å²) in [6, 6.07) is 5.56. The molecule has 17 heavy (non-hydrogen) atoms. The van der Waals surface area contributed by atoms with Gasteiger partial charge in [0.1, 0.15) is 5.75 Å². The van der Waals surface area contributed by atoms with Gasteiger partial charge in [0.25, 0.3) is 0 Å². The highest BCUT2D eigenvalue weighted by Crippen LogP contribution is 2.50. The molecule has 0 spiro atoms. The maximum Gasteiger partial charge on any atom is 0.334 e. The fourth-order valence-electron chi connectivity index (χ4n) is 1.39. The number of hydrogen-bond donors (Lipinski definition) is 0. The standard InChI is InChI=1S/C11H16BrO4P/c1-4-16-11-6-9(5-10(12)7-11)8-17(13,14-2)15-3/h5-7H,4,8H2,1-3H3. The van der Waals surface area contributed by atoms with Crippen molar-refractivity contribution in [3.05, 3.63) is 28.2 Å². The van der Waals surface area contributed by atoms with Gasteiger partial charge in [0.2, 0.25) is 0 Å². The van der Waals surface area contributed by atoms with E-state index in [9.17, 15) is 4.57 Å². The van der Waals surface area contributed by atoms with Gasteiger partial charge in [-0.15, -0.1) is 0 Å². The molecule has 0 aliphatic rings. The van der Waals surface area contributed by atoms with Crippen LogP contribution in [0.1, 0.15) is 12.5 Å². The Morgan fingerprint density at radius 2 is 1.88 bits per heavy atom. The van der Waals surface area contributed by atoms with Crippen LogP contribution in [-0.2, 0) is 19.8 Å². The predicted octanol–water partition coefficient (Wildman–Crippen LogP) is 3.83. The highest BCUT2D eigenvalue weighted by Gasteiger charge is 2.22. The summed E-state index contributed by atoms with van der Waals surface area (Å²) >= 11 is 3.38. The zero-order valence-electron chi connectivity index (χ0n) is 10.1. The minimum atomic E-state index is -3.04. The molecule has 4 nitrogen and oxygen atoms in total. The molecule has 0 unspecified atom stereocenters. The zero-order chi connectivity index (χ0) is 12.9. The second-order valence-corrected chi connectivity index (χ2v) is 6.55. The molecule has 0 saturated carbocycles. The van der Waals surface area contributed by atoms with Crippen LogP contribution in [0.25, 0.3) is 0 Å². The molecule has 1 rings (SSSR count). The lowest BCUT2D eigenvalue weighted by Crippen LogP contribution is -1.96. The third-order valence-electron chi connectivity index (χ3n) is 2.17. The molecule has 0 amide bonds. The van der Waals surface area contributed by atoms with Gasteiger partial charge in [0.05, 0.1) is 12.8 Å². The van der Waals surface area contributed by atoms with Crippen LogP contribution in [-0.4, -0.2) is 20.8 Å². The van der Waals surface area contributed by atoms with Crippen molar-refractivity contribution in [2.24, 2.45) is 0 Å². The van der Waals surface area contributed by atoms with E-state index in [1.807, 2.05) is 25.1 Å². The van der Waals surface area contributed by atoms with Gasteiger partial charge in [-0.3, -0.25) is 4.57 Å². The number of halogens is 1. The van der Waals surface area contributed by atoms with Crippen LogP contribution in [0.3, 0.4) is 0 Å². The minimum Gasteiger partial charge on any atom is -0.494 e. The average Bonchev–Trinajstić information content (AvgIpc) is 2.28. The summed E-state index contributed by atoms with van der Waals surface area (Å²) in [7, 11) is -0.277. The van der Waals surface area contributed by atoms with Gasteiger partial charge in [0.15, 0.2) is 0 Å². The third-order valence-corrected chi connectivity index (χ3v) is 4.50. The predicted molar refractivity (Wildman–Crippen MR) is 70.6 cm³/mol. The molecule has 0 saturated heterocycles. The van der Waals surface area contributed by atoms with E-state index in [0.29, 0.717) is 6.61 Å². The molecular formula is C11H16BrO4P. The molecule has 0 bridgehead atoms. The fraction of sp³-hybridized carbons (Fsp3) is 0.455. The van der Waals surface area contributed by atoms with Crippen LogP contribution < -0.4 is 4.74 Å². The van der Waals surface area contributed by atoms with E-state index in [-0.39, 0.29) is 6.16 Å². The molecule has 0 aliphatic carbocycles. The quantitative estimate of drug-likeness (QED) is 0.746. The lowest BCUT2D eigenvalue weighted by molar-refractivity contribution is 0.274. The maximum atomic E-state index is 12.0. The zero-order valence-corrected chi connectivity index (χ0v) is 12.6. The van der Waals surface area contributed by atoms with E-state index in [4.69, 9.17) is 13.8 Å². The number of rotatable bonds is 6. The molecule has 96 valence electrons. The maximum absolute atomic E-state index is 12.0. The summed E-state index contributed by atoms with van der Waals surface area (Å²) in [6.07, 6.45) is 0.222. The summed E-state index contributed by atoms with van der Waals surface area (Å²) in [5, 5.41) is 0. The number of ether oxygens (including phenoxy) is 1. The number of hydrogen-bond acceptors (Lipinski definition) is 4. The van der Waals surface area contributed by atoms with E-state index in [0.717, 1.165) is 15.8 Å². The lowest BCUT2D eigenvalue weighted by Gasteiger charge is -2.14. The Balaban J connectivity index is 2.94. The highest BCUT2D eigenvalue weighted by molar-refractivity contribution is 9.10. The van der Waals surface area contributed by atoms with Crippen molar-refractivity contribution in [1.29, 1.82) is 0 Å². The largest absolute Gasteiger partial charge is 0.494 e. The van der Waals surface area contributed by atoms with Crippen molar-refractivity contribution in [3.8, 4) is 5.75 Å². The van der Waals surface area contributed by atoms with E-state index in [1.54, 1.807) is 0 Å². The first-order valence-corrected chi connectivity index (χ1v) is 7.68. The first-order valence-electron chi connectivity index (χ1n) is 5.15. The molecule has 0 N–H and O–H groups in total. The van der Waals surface area contributed by atoms with Crippen LogP contribution in [0.2, 0.25) is 0 Å². The Bertz CT molecular complexity index is 414. The van der Waals surface area contributed by atoms with Gasteiger partial charge in [-0.05, 0) is 30.7 Å². The molecule has 1 aromatic rings. The molecule has 0 heterocycles. The Morgan fingerprint density at radius 3 is 2.41 bits per heavy atom. The number of benzene rings is 1. The van der Waals surface area contributed by atoms with Gasteiger partial charge >= 0.3 is 7.60 Å². The smallest absolute Gasteiger partial charge is 0.334 e. The minimum absolute atomic E-state index is 0.222. The second kappa shape index (κ2) is 6.55. The van der Waals surface area contributed by atoms with Gasteiger partial charge < -0.3 is 13.8 Å². The van der Waals surface area contributed by atoms with Crippen LogP contribution in [0.4, 0.5) is 0 Å². The van der Waals surface area contributed by atoms with Crippen molar-refractivity contribution in [2.75, 3.05) is 20.8 Å². The summed E-state index contributed by atoms with van der Waals surface area (Å²) in [6.45, 7) is 2.50. The molecule has 0 aromatic heterocycles. The summed E-state index contributed by atoms with van der Waals surface area (Å²) < 4.78 is 28.1. The summed E-state index contributed by atoms with van der Waals surface area (Å²) in [5.41, 5.74) is 0.842. The second-order valence-electron chi connectivity index (χ2n) is 3.36. The van der Waals surface area contributed by atoms with Crippen molar-refractivity contribution in [3.63, 3.8) is 0 Å². The fourth-order valence-corrected chi connectivity index (χ4v) is 2.95. The van der Waals surface area contributed by atoms with Crippen LogP contribution in [0.5, 0.6) is 5.75 Å². The average molecular weight is 323 g/mol. The van der Waals surface area contributed by atoms with Gasteiger partial charge in [0, 0.05) is 18.7 Å². The van der Waals surface area contributed by atoms with Crippen LogP contribution in [0, 0.1) is 0 Å². The van der Waals surface area contributed by atoms with Crippen molar-refractivity contribution in [1.82, 2.24) is 0 Å². The first-order chi connectivity index (χ1) is 8.03. The molecule has 6 heteroatoms. The third kappa shape index (κ3) is 4.43. The summed E-state index contributed by atoms with van der Waals surface area (Å²) in [4.78, 5) is 0. The Morgan fingerprint density at radius 1 is 1.24 bits per heavy atom. The van der Waals surface area contributed by atoms with Crippen molar-refractivity contribution >= 4 is 23.5 Å². The molecule has 0 fully saturated rings. The highest BCUT2D eigenvalue weighted by atomic mass is 79.9. The first kappa shape index (κ1) is 14.7. The van der Waals surface area contributed by atoms with Crippen LogP contribution >= 0.6 is 23.5 Å². The van der Waals surface area contributed by atoms with E-state index in [2.05, 4.69) is 15.9 Å². The summed E-state index contributed by atoms with van der Waals surface area (Å²) in [5.74, 6) is 0.732. The van der Waals surface area contributed by atoms with Gasteiger partial charge in [-0.2, -0.15) is 0 Å². The van der Waals surface area contributed by atoms with E-state index < -0.39 is 7.60 Å². The monoisotopic (exact) mass is 322 g/mol. The Labute approximate surface area is 110 Å². The molecule has 1 aromatic carbocycles. The van der Waals surface area contributed by atoms with Crippen molar-refractivity contribution < 1.29 is 18.3 Å². The lowest BCUT2D eigenvalue weighted by atomic mass is 10.2. The normalized spacial score (nSPS) is 11.5. The molecule has 0 radical (unpaired) electrons. The molecule has 0 atom stereocenters. The Hall–Kier alpha value is -0.350. The van der Waals surface area contributed by atoms with Gasteiger partial charge in [-0.25, -0.2) is 0 Å². The molecule has 0 aliphatic heterocycles. The topological polar surface area (TPSA) is 44.8 Å².